The number of alkyl halides is 3. The number of alkyl carbamates (subject to hydrolysis) is 1. The van der Waals surface area contributed by atoms with Crippen LogP contribution in [-0.4, -0.2) is 24.6 Å². The molecule has 0 unspecified atom stereocenters. The summed E-state index contributed by atoms with van der Waals surface area (Å²) in [6.45, 7) is 5.21. The number of benzene rings is 1. The van der Waals surface area contributed by atoms with Gasteiger partial charge in [0.2, 0.25) is 0 Å². The molecule has 126 valence electrons. The van der Waals surface area contributed by atoms with Gasteiger partial charge in [0, 0.05) is 5.56 Å². The fourth-order valence-corrected chi connectivity index (χ4v) is 1.42. The van der Waals surface area contributed by atoms with E-state index in [9.17, 15) is 18.0 Å². The number of nitrogen functional groups attached to an aromatic ring is 1. The first-order valence-corrected chi connectivity index (χ1v) is 6.57. The molecule has 0 saturated heterocycles. The van der Waals surface area contributed by atoms with Crippen molar-refractivity contribution in [3.8, 4) is 17.6 Å². The number of carbonyl (C=O) groups is 1. The van der Waals surface area contributed by atoms with Crippen molar-refractivity contribution in [3.05, 3.63) is 23.8 Å². The van der Waals surface area contributed by atoms with Gasteiger partial charge in [-0.2, -0.15) is 0 Å². The van der Waals surface area contributed by atoms with Crippen molar-refractivity contribution in [2.24, 2.45) is 0 Å². The second-order valence-corrected chi connectivity index (χ2v) is 5.46. The van der Waals surface area contributed by atoms with E-state index < -0.39 is 23.8 Å². The Balaban J connectivity index is 2.60. The molecule has 0 saturated carbocycles. The van der Waals surface area contributed by atoms with Crippen molar-refractivity contribution in [2.75, 3.05) is 12.3 Å². The number of hydrogen-bond donors (Lipinski definition) is 2. The number of ether oxygens (including phenoxy) is 2. The van der Waals surface area contributed by atoms with E-state index in [4.69, 9.17) is 10.5 Å². The molecule has 0 aliphatic carbocycles. The number of anilines is 1. The number of halogens is 3. The largest absolute Gasteiger partial charge is 0.573 e. The molecule has 0 radical (unpaired) electrons. The van der Waals surface area contributed by atoms with Crippen molar-refractivity contribution < 1.29 is 27.4 Å². The van der Waals surface area contributed by atoms with E-state index in [2.05, 4.69) is 21.9 Å². The Hall–Kier alpha value is -2.56. The van der Waals surface area contributed by atoms with Crippen molar-refractivity contribution in [2.45, 2.75) is 32.7 Å². The Labute approximate surface area is 131 Å². The Morgan fingerprint density at radius 3 is 2.48 bits per heavy atom. The Morgan fingerprint density at radius 1 is 1.30 bits per heavy atom. The monoisotopic (exact) mass is 330 g/mol. The number of nitrogens with one attached hydrogen (secondary N) is 1. The highest BCUT2D eigenvalue weighted by molar-refractivity contribution is 5.68. The topological polar surface area (TPSA) is 73.6 Å². The Morgan fingerprint density at radius 2 is 1.96 bits per heavy atom. The van der Waals surface area contributed by atoms with Gasteiger partial charge in [-0.1, -0.05) is 11.8 Å². The summed E-state index contributed by atoms with van der Waals surface area (Å²) >= 11 is 0. The van der Waals surface area contributed by atoms with Crippen LogP contribution in [0.15, 0.2) is 18.2 Å². The molecule has 0 aromatic heterocycles. The maximum atomic E-state index is 12.1. The zero-order valence-corrected chi connectivity index (χ0v) is 12.9. The fourth-order valence-electron chi connectivity index (χ4n) is 1.42. The lowest BCUT2D eigenvalue weighted by Gasteiger charge is -2.19. The zero-order valence-electron chi connectivity index (χ0n) is 12.9. The molecular formula is C15H17F3N2O3. The minimum Gasteiger partial charge on any atom is -0.444 e. The van der Waals surface area contributed by atoms with E-state index in [1.54, 1.807) is 20.8 Å². The first-order chi connectivity index (χ1) is 10.5. The molecule has 3 N–H and O–H groups in total. The average Bonchev–Trinajstić information content (AvgIpc) is 2.34. The van der Waals surface area contributed by atoms with E-state index in [0.717, 1.165) is 6.07 Å². The predicted octanol–water partition coefficient (Wildman–Crippen LogP) is 3.04. The van der Waals surface area contributed by atoms with Crippen LogP contribution in [0.25, 0.3) is 0 Å². The van der Waals surface area contributed by atoms with E-state index in [1.165, 1.54) is 12.1 Å². The summed E-state index contributed by atoms with van der Waals surface area (Å²) in [5.74, 6) is 4.80. The average molecular weight is 330 g/mol. The standard InChI is InChI=1S/C15H17F3N2O3/c1-14(2,3)23-13(21)20-8-4-5-10-6-7-12(11(19)9-10)22-15(16,17)18/h6-7,9H,8,19H2,1-3H3,(H,20,21). The summed E-state index contributed by atoms with van der Waals surface area (Å²) in [6.07, 6.45) is -5.42. The van der Waals surface area contributed by atoms with Gasteiger partial charge in [0.05, 0.1) is 12.2 Å². The van der Waals surface area contributed by atoms with Gasteiger partial charge < -0.3 is 20.5 Å². The van der Waals surface area contributed by atoms with Crippen LogP contribution in [-0.2, 0) is 4.74 Å². The van der Waals surface area contributed by atoms with Crippen LogP contribution in [0.3, 0.4) is 0 Å². The van der Waals surface area contributed by atoms with Crippen LogP contribution >= 0.6 is 0 Å². The van der Waals surface area contributed by atoms with Gasteiger partial charge in [-0.05, 0) is 39.0 Å². The molecule has 0 aliphatic rings. The highest BCUT2D eigenvalue weighted by atomic mass is 19.4. The summed E-state index contributed by atoms with van der Waals surface area (Å²) in [7, 11) is 0. The summed E-state index contributed by atoms with van der Waals surface area (Å²) in [5.41, 5.74) is 5.06. The molecule has 23 heavy (non-hydrogen) atoms. The zero-order chi connectivity index (χ0) is 17.7. The van der Waals surface area contributed by atoms with Crippen LogP contribution in [0.5, 0.6) is 5.75 Å². The molecule has 1 amide bonds. The molecule has 1 aromatic carbocycles. The Bertz CT molecular complexity index is 626. The van der Waals surface area contributed by atoms with Crippen LogP contribution in [0, 0.1) is 11.8 Å². The van der Waals surface area contributed by atoms with Gasteiger partial charge in [-0.3, -0.25) is 0 Å². The van der Waals surface area contributed by atoms with Crippen molar-refractivity contribution in [3.63, 3.8) is 0 Å². The van der Waals surface area contributed by atoms with Gasteiger partial charge in [-0.25, -0.2) is 4.79 Å². The van der Waals surface area contributed by atoms with Crippen molar-refractivity contribution in [1.29, 1.82) is 0 Å². The molecule has 0 aliphatic heterocycles. The maximum absolute atomic E-state index is 12.1. The van der Waals surface area contributed by atoms with Crippen LogP contribution in [0.4, 0.5) is 23.7 Å². The molecular weight excluding hydrogens is 313 g/mol. The number of carbonyl (C=O) groups excluding carboxylic acids is 1. The van der Waals surface area contributed by atoms with Crippen molar-refractivity contribution in [1.82, 2.24) is 5.32 Å². The molecule has 8 heteroatoms. The van der Waals surface area contributed by atoms with E-state index in [-0.39, 0.29) is 12.2 Å². The van der Waals surface area contributed by atoms with Gasteiger partial charge >= 0.3 is 12.5 Å². The quantitative estimate of drug-likeness (QED) is 0.646. The summed E-state index contributed by atoms with van der Waals surface area (Å²) < 4.78 is 45.1. The van der Waals surface area contributed by atoms with Gasteiger partial charge in [0.1, 0.15) is 5.60 Å². The third-order valence-electron chi connectivity index (χ3n) is 2.19. The van der Waals surface area contributed by atoms with E-state index in [1.807, 2.05) is 0 Å². The highest BCUT2D eigenvalue weighted by Gasteiger charge is 2.31. The molecule has 0 atom stereocenters. The third kappa shape index (κ3) is 7.85. The molecule has 0 bridgehead atoms. The first-order valence-electron chi connectivity index (χ1n) is 6.57. The summed E-state index contributed by atoms with van der Waals surface area (Å²) in [6, 6.07) is 3.66. The van der Waals surface area contributed by atoms with Crippen molar-refractivity contribution >= 4 is 11.8 Å². The van der Waals surface area contributed by atoms with Gasteiger partial charge in [0.25, 0.3) is 0 Å². The summed E-state index contributed by atoms with van der Waals surface area (Å²) in [4.78, 5) is 11.4. The SMILES string of the molecule is CC(C)(C)OC(=O)NCC#Cc1ccc(OC(F)(F)F)c(N)c1. The predicted molar refractivity (Wildman–Crippen MR) is 78.7 cm³/mol. The molecule has 1 rings (SSSR count). The minimum absolute atomic E-state index is 0.0234. The minimum atomic E-state index is -4.81. The number of amides is 1. The summed E-state index contributed by atoms with van der Waals surface area (Å²) in [5, 5.41) is 2.43. The van der Waals surface area contributed by atoms with Crippen LogP contribution < -0.4 is 15.8 Å². The van der Waals surface area contributed by atoms with E-state index in [0.29, 0.717) is 5.56 Å². The highest BCUT2D eigenvalue weighted by Crippen LogP contribution is 2.28. The van der Waals surface area contributed by atoms with Gasteiger partial charge in [0.15, 0.2) is 5.75 Å². The molecule has 1 aromatic rings. The lowest BCUT2D eigenvalue weighted by Crippen LogP contribution is -2.32. The smallest absolute Gasteiger partial charge is 0.444 e. The van der Waals surface area contributed by atoms with E-state index >= 15 is 0 Å². The maximum Gasteiger partial charge on any atom is 0.573 e. The second kappa shape index (κ2) is 7.13. The molecule has 5 nitrogen and oxygen atoms in total. The Kier molecular flexibility index (Phi) is 5.73. The lowest BCUT2D eigenvalue weighted by atomic mass is 10.2. The fraction of sp³-hybridized carbons (Fsp3) is 0.400. The number of hydrogen-bond acceptors (Lipinski definition) is 4. The number of rotatable bonds is 2. The molecule has 0 fully saturated rings. The first kappa shape index (κ1) is 18.5. The number of nitrogens with two attached hydrogens (primary N) is 1. The van der Waals surface area contributed by atoms with Crippen LogP contribution in [0.1, 0.15) is 26.3 Å². The van der Waals surface area contributed by atoms with Crippen LogP contribution in [0.2, 0.25) is 0 Å². The second-order valence-electron chi connectivity index (χ2n) is 5.46. The normalized spacial score (nSPS) is 11.2. The molecule has 0 spiro atoms. The lowest BCUT2D eigenvalue weighted by molar-refractivity contribution is -0.274. The molecule has 0 heterocycles. The third-order valence-corrected chi connectivity index (χ3v) is 2.19. The van der Waals surface area contributed by atoms with Gasteiger partial charge in [-0.15, -0.1) is 13.2 Å².